The van der Waals surface area contributed by atoms with Crippen LogP contribution in [0.1, 0.15) is 19.5 Å². The highest BCUT2D eigenvalue weighted by atomic mass is 15.4. The molecule has 17 heavy (non-hydrogen) atoms. The Balaban J connectivity index is 3.10. The lowest BCUT2D eigenvalue weighted by molar-refractivity contribution is 0.748. The molecule has 6 nitrogen and oxygen atoms in total. The lowest BCUT2D eigenvalue weighted by atomic mass is 10.1. The van der Waals surface area contributed by atoms with E-state index in [0.29, 0.717) is 11.4 Å². The van der Waals surface area contributed by atoms with E-state index in [1.807, 2.05) is 19.9 Å². The van der Waals surface area contributed by atoms with E-state index in [-0.39, 0.29) is 17.3 Å². The number of nitrogen functional groups attached to an aromatic ring is 1. The van der Waals surface area contributed by atoms with Gasteiger partial charge in [-0.1, -0.05) is 13.8 Å². The first-order valence-corrected chi connectivity index (χ1v) is 5.13. The number of rotatable bonds is 3. The van der Waals surface area contributed by atoms with Crippen LogP contribution >= 0.6 is 0 Å². The fraction of sp³-hybridized carbons (Fsp3) is 0.273. The molecule has 6 heteroatoms. The first-order valence-electron chi connectivity index (χ1n) is 5.13. The zero-order valence-electron chi connectivity index (χ0n) is 9.88. The van der Waals surface area contributed by atoms with Gasteiger partial charge in [0.15, 0.2) is 5.69 Å². The highest BCUT2D eigenvalue weighted by Gasteiger charge is 2.10. The molecule has 0 aliphatic rings. The van der Waals surface area contributed by atoms with Crippen LogP contribution in [-0.2, 0) is 0 Å². The summed E-state index contributed by atoms with van der Waals surface area (Å²) in [6.07, 6.45) is 3.06. The molecule has 0 fully saturated rings. The van der Waals surface area contributed by atoms with Crippen molar-refractivity contribution in [3.8, 4) is 6.07 Å². The summed E-state index contributed by atoms with van der Waals surface area (Å²) in [5, 5.41) is 10.1. The largest absolute Gasteiger partial charge is 0.401 e. The maximum absolute atomic E-state index is 8.80. The van der Waals surface area contributed by atoms with Crippen molar-refractivity contribution in [2.45, 2.75) is 13.8 Å². The summed E-state index contributed by atoms with van der Waals surface area (Å²) in [6.45, 7) is 3.91. The molecule has 0 atom stereocenters. The molecule has 1 aromatic rings. The van der Waals surface area contributed by atoms with Crippen LogP contribution in [0.4, 0.5) is 11.4 Å². The molecular formula is C11H16N6. The van der Waals surface area contributed by atoms with Crippen LogP contribution in [0.2, 0.25) is 0 Å². The topological polar surface area (TPSA) is 118 Å². The Morgan fingerprint density at radius 3 is 2.76 bits per heavy atom. The minimum Gasteiger partial charge on any atom is -0.401 e. The molecule has 0 aliphatic heterocycles. The lowest BCUT2D eigenvalue weighted by Crippen LogP contribution is -2.28. The van der Waals surface area contributed by atoms with Crippen molar-refractivity contribution < 1.29 is 0 Å². The maximum Gasteiger partial charge on any atom is 0.165 e. The summed E-state index contributed by atoms with van der Waals surface area (Å²) < 4.78 is 0. The molecule has 0 aliphatic carbocycles. The first kappa shape index (κ1) is 12.8. The molecule has 1 aromatic heterocycles. The molecule has 6 N–H and O–H groups in total. The van der Waals surface area contributed by atoms with Gasteiger partial charge in [-0.2, -0.15) is 5.26 Å². The fourth-order valence-corrected chi connectivity index (χ4v) is 1.16. The molecule has 0 aromatic carbocycles. The normalized spacial score (nSPS) is 11.4. The van der Waals surface area contributed by atoms with Crippen LogP contribution < -0.4 is 22.3 Å². The monoisotopic (exact) mass is 232 g/mol. The van der Waals surface area contributed by atoms with Crippen molar-refractivity contribution in [2.24, 2.45) is 17.5 Å². The average Bonchev–Trinajstić information content (AvgIpc) is 2.28. The Labute approximate surface area is 100 Å². The number of anilines is 2. The second kappa shape index (κ2) is 5.18. The minimum atomic E-state index is 0.148. The van der Waals surface area contributed by atoms with Crippen molar-refractivity contribution >= 4 is 11.4 Å². The van der Waals surface area contributed by atoms with Gasteiger partial charge in [0.25, 0.3) is 0 Å². The molecule has 0 spiro atoms. The van der Waals surface area contributed by atoms with Crippen LogP contribution in [0.3, 0.4) is 0 Å². The third kappa shape index (κ3) is 2.86. The Hall–Kier alpha value is -2.26. The van der Waals surface area contributed by atoms with Crippen LogP contribution in [0.5, 0.6) is 0 Å². The van der Waals surface area contributed by atoms with Gasteiger partial charge in [0.1, 0.15) is 6.07 Å². The molecule has 1 heterocycles. The van der Waals surface area contributed by atoms with E-state index < -0.39 is 0 Å². The number of aromatic nitrogens is 1. The number of nitrogens with zero attached hydrogens (tertiary/aromatic N) is 3. The maximum atomic E-state index is 8.80. The van der Waals surface area contributed by atoms with Gasteiger partial charge in [-0.15, -0.1) is 0 Å². The second-order valence-electron chi connectivity index (χ2n) is 3.90. The third-order valence-electron chi connectivity index (χ3n) is 2.31. The van der Waals surface area contributed by atoms with Gasteiger partial charge in [-0.3, -0.25) is 5.01 Å². The average molecular weight is 232 g/mol. The Bertz CT molecular complexity index is 471. The van der Waals surface area contributed by atoms with E-state index in [1.165, 1.54) is 11.2 Å². The van der Waals surface area contributed by atoms with Gasteiger partial charge in [-0.25, -0.2) is 10.8 Å². The summed E-state index contributed by atoms with van der Waals surface area (Å²) >= 11 is 0. The van der Waals surface area contributed by atoms with Gasteiger partial charge in [-0.05, 0) is 12.0 Å². The number of allylic oxidation sites excluding steroid dienone is 1. The van der Waals surface area contributed by atoms with Crippen LogP contribution in [-0.4, -0.2) is 4.98 Å². The van der Waals surface area contributed by atoms with Gasteiger partial charge in [0, 0.05) is 18.1 Å². The number of hydrazine groups is 1. The zero-order chi connectivity index (χ0) is 13.0. The molecule has 1 rings (SSSR count). The summed E-state index contributed by atoms with van der Waals surface area (Å²) in [7, 11) is 0. The smallest absolute Gasteiger partial charge is 0.165 e. The predicted molar refractivity (Wildman–Crippen MR) is 67.1 cm³/mol. The molecule has 0 saturated carbocycles. The Morgan fingerprint density at radius 2 is 2.24 bits per heavy atom. The number of hydrogen-bond donors (Lipinski definition) is 3. The van der Waals surface area contributed by atoms with E-state index in [1.54, 1.807) is 12.3 Å². The van der Waals surface area contributed by atoms with Crippen LogP contribution in [0, 0.1) is 17.2 Å². The molecule has 0 amide bonds. The molecule has 0 unspecified atom stereocenters. The van der Waals surface area contributed by atoms with Crippen molar-refractivity contribution in [1.82, 2.24) is 4.98 Å². The van der Waals surface area contributed by atoms with E-state index in [9.17, 15) is 0 Å². The van der Waals surface area contributed by atoms with E-state index in [4.69, 9.17) is 22.6 Å². The zero-order valence-corrected chi connectivity index (χ0v) is 9.88. The Morgan fingerprint density at radius 1 is 1.59 bits per heavy atom. The number of pyridine rings is 1. The molecule has 0 saturated heterocycles. The second-order valence-corrected chi connectivity index (χ2v) is 3.90. The minimum absolute atomic E-state index is 0.148. The third-order valence-corrected chi connectivity index (χ3v) is 2.31. The van der Waals surface area contributed by atoms with Crippen molar-refractivity contribution in [3.63, 3.8) is 0 Å². The molecule has 0 radical (unpaired) electrons. The summed E-state index contributed by atoms with van der Waals surface area (Å²) in [6, 6.07) is 3.52. The van der Waals surface area contributed by atoms with Gasteiger partial charge in [0.05, 0.1) is 11.4 Å². The first-order chi connectivity index (χ1) is 7.97. The summed E-state index contributed by atoms with van der Waals surface area (Å²) in [5.41, 5.74) is 13.1. The van der Waals surface area contributed by atoms with Gasteiger partial charge in [0.2, 0.25) is 0 Å². The highest BCUT2D eigenvalue weighted by Crippen LogP contribution is 2.23. The van der Waals surface area contributed by atoms with Crippen molar-refractivity contribution in [3.05, 3.63) is 29.9 Å². The van der Waals surface area contributed by atoms with Crippen LogP contribution in [0.15, 0.2) is 24.2 Å². The van der Waals surface area contributed by atoms with E-state index in [2.05, 4.69) is 4.98 Å². The summed E-state index contributed by atoms with van der Waals surface area (Å²) in [4.78, 5) is 3.83. The van der Waals surface area contributed by atoms with Gasteiger partial charge < -0.3 is 11.5 Å². The quantitative estimate of drug-likeness (QED) is 0.520. The van der Waals surface area contributed by atoms with E-state index in [0.717, 1.165) is 0 Å². The van der Waals surface area contributed by atoms with Crippen molar-refractivity contribution in [2.75, 3.05) is 10.7 Å². The lowest BCUT2D eigenvalue weighted by Gasteiger charge is -2.18. The molecule has 90 valence electrons. The number of nitriles is 1. The standard InChI is InChI=1S/C11H16N6/c1-7(2)8(13)6-17(15)10-3-4-16-9(5-12)11(10)14/h3-4,6-7H,13-15H2,1-2H3/b8-6-. The van der Waals surface area contributed by atoms with Crippen molar-refractivity contribution in [1.29, 1.82) is 5.26 Å². The predicted octanol–water partition coefficient (Wildman–Crippen LogP) is 0.672. The Kier molecular flexibility index (Phi) is 3.91. The molecule has 0 bridgehead atoms. The number of hydrogen-bond acceptors (Lipinski definition) is 6. The van der Waals surface area contributed by atoms with Crippen LogP contribution in [0.25, 0.3) is 0 Å². The fourth-order valence-electron chi connectivity index (χ4n) is 1.16. The number of nitrogens with two attached hydrogens (primary N) is 3. The van der Waals surface area contributed by atoms with E-state index >= 15 is 0 Å². The van der Waals surface area contributed by atoms with Gasteiger partial charge >= 0.3 is 0 Å². The SMILES string of the molecule is CC(C)/C(N)=C/N(N)c1ccnc(C#N)c1N. The highest BCUT2D eigenvalue weighted by molar-refractivity contribution is 5.72. The molecular weight excluding hydrogens is 216 g/mol. The summed E-state index contributed by atoms with van der Waals surface area (Å²) in [5.74, 6) is 6.00.